The maximum Gasteiger partial charge on any atom is 0.331 e. The second-order valence-corrected chi connectivity index (χ2v) is 18.8. The Labute approximate surface area is 353 Å². The molecule has 5 nitrogen and oxygen atoms in total. The van der Waals surface area contributed by atoms with Gasteiger partial charge in [-0.05, 0) is 103 Å². The number of hydrogen-bond acceptors (Lipinski definition) is 5. The predicted octanol–water partition coefficient (Wildman–Crippen LogP) is 15.0. The Morgan fingerprint density at radius 3 is 1.89 bits per heavy atom. The van der Waals surface area contributed by atoms with Gasteiger partial charge in [0.1, 0.15) is 0 Å². The van der Waals surface area contributed by atoms with Crippen LogP contribution in [0.3, 0.4) is 0 Å². The van der Waals surface area contributed by atoms with E-state index >= 15 is 0 Å². The number of hydrogen-bond donors (Lipinski definition) is 0. The summed E-state index contributed by atoms with van der Waals surface area (Å²) in [6.45, 7) is 18.4. The molecule has 5 atom stereocenters. The SMILES string of the molecule is CCCCCCCCCCCCCCC(CCCCCCCC)COC1OC(C)CC(N(C)C)C1OC(=O)C=C(C)C=CC=C(C)C=CC1=C(C)CCCC1(C)C. The Morgan fingerprint density at radius 1 is 0.825 bits per heavy atom. The molecule has 1 saturated heterocycles. The zero-order valence-corrected chi connectivity index (χ0v) is 39.1. The molecule has 0 aromatic carbocycles. The van der Waals surface area contributed by atoms with Crippen LogP contribution >= 0.6 is 0 Å². The Bertz CT molecular complexity index is 1240. The van der Waals surface area contributed by atoms with Crippen molar-refractivity contribution in [2.75, 3.05) is 20.7 Å². The van der Waals surface area contributed by atoms with E-state index in [1.807, 2.05) is 19.1 Å². The third-order valence-corrected chi connectivity index (χ3v) is 12.6. The van der Waals surface area contributed by atoms with Gasteiger partial charge in [0.2, 0.25) is 0 Å². The monoisotopic (exact) mass is 794 g/mol. The van der Waals surface area contributed by atoms with Gasteiger partial charge in [-0.1, -0.05) is 185 Å². The average Bonchev–Trinajstić information content (AvgIpc) is 3.15. The molecule has 0 bridgehead atoms. The third-order valence-electron chi connectivity index (χ3n) is 12.6. The van der Waals surface area contributed by atoms with E-state index in [0.29, 0.717) is 12.5 Å². The number of carbonyl (C=O) groups is 1. The van der Waals surface area contributed by atoms with Crippen molar-refractivity contribution < 1.29 is 19.0 Å². The second kappa shape index (κ2) is 30.1. The Hall–Kier alpha value is -1.95. The molecular formula is C52H91NO4. The first kappa shape index (κ1) is 51.2. The minimum atomic E-state index is -0.575. The molecule has 57 heavy (non-hydrogen) atoms. The summed E-state index contributed by atoms with van der Waals surface area (Å²) in [6, 6.07) is 0.0190. The number of likely N-dealkylation sites (N-methyl/N-ethyl adjacent to an activating group) is 1. The summed E-state index contributed by atoms with van der Waals surface area (Å²) in [5, 5.41) is 0. The minimum Gasteiger partial charge on any atom is -0.452 e. The molecule has 1 fully saturated rings. The van der Waals surface area contributed by atoms with Crippen molar-refractivity contribution >= 4 is 5.97 Å². The lowest BCUT2D eigenvalue weighted by atomic mass is 9.72. The molecule has 2 rings (SSSR count). The fourth-order valence-electron chi connectivity index (χ4n) is 8.85. The molecule has 0 radical (unpaired) electrons. The largest absolute Gasteiger partial charge is 0.452 e. The summed E-state index contributed by atoms with van der Waals surface area (Å²) in [6.07, 6.45) is 42.4. The van der Waals surface area contributed by atoms with Gasteiger partial charge in [0.05, 0.1) is 18.8 Å². The number of unbranched alkanes of at least 4 members (excludes halogenated alkanes) is 16. The van der Waals surface area contributed by atoms with Crippen molar-refractivity contribution in [1.82, 2.24) is 4.90 Å². The van der Waals surface area contributed by atoms with Gasteiger partial charge in [-0.15, -0.1) is 0 Å². The Balaban J connectivity index is 1.99. The fraction of sp³-hybridized carbons (Fsp3) is 0.788. The van der Waals surface area contributed by atoms with Crippen LogP contribution in [0.1, 0.15) is 209 Å². The van der Waals surface area contributed by atoms with Gasteiger partial charge in [0.25, 0.3) is 0 Å². The van der Waals surface area contributed by atoms with E-state index in [1.165, 1.54) is 164 Å². The highest BCUT2D eigenvalue weighted by molar-refractivity contribution is 5.83. The maximum absolute atomic E-state index is 13.4. The zero-order valence-electron chi connectivity index (χ0n) is 39.1. The molecule has 0 amide bonds. The second-order valence-electron chi connectivity index (χ2n) is 18.8. The maximum atomic E-state index is 13.4. The van der Waals surface area contributed by atoms with Crippen LogP contribution in [-0.4, -0.2) is 56.1 Å². The topological polar surface area (TPSA) is 48.0 Å². The van der Waals surface area contributed by atoms with Crippen molar-refractivity contribution in [3.8, 4) is 0 Å². The number of esters is 1. The first-order valence-corrected chi connectivity index (χ1v) is 23.9. The quantitative estimate of drug-likeness (QED) is 0.0314. The van der Waals surface area contributed by atoms with E-state index in [0.717, 1.165) is 12.0 Å². The molecule has 2 aliphatic rings. The van der Waals surface area contributed by atoms with E-state index in [1.54, 1.807) is 6.08 Å². The van der Waals surface area contributed by atoms with Crippen LogP contribution in [0.15, 0.2) is 58.7 Å². The van der Waals surface area contributed by atoms with Crippen molar-refractivity contribution in [1.29, 1.82) is 0 Å². The van der Waals surface area contributed by atoms with Crippen molar-refractivity contribution in [3.63, 3.8) is 0 Å². The van der Waals surface area contributed by atoms with Crippen LogP contribution in [0.25, 0.3) is 0 Å². The van der Waals surface area contributed by atoms with Gasteiger partial charge in [-0.3, -0.25) is 0 Å². The first-order chi connectivity index (χ1) is 27.4. The Kier molecular flexibility index (Phi) is 27.1. The Morgan fingerprint density at radius 2 is 1.37 bits per heavy atom. The highest BCUT2D eigenvalue weighted by Crippen LogP contribution is 2.41. The van der Waals surface area contributed by atoms with Gasteiger partial charge < -0.3 is 19.1 Å². The van der Waals surface area contributed by atoms with Gasteiger partial charge in [0, 0.05) is 6.08 Å². The van der Waals surface area contributed by atoms with Crippen LogP contribution in [-0.2, 0) is 19.0 Å². The highest BCUT2D eigenvalue weighted by Gasteiger charge is 2.42. The van der Waals surface area contributed by atoms with Gasteiger partial charge in [0.15, 0.2) is 12.4 Å². The van der Waals surface area contributed by atoms with Crippen molar-refractivity contribution in [2.45, 2.75) is 234 Å². The molecule has 0 saturated carbocycles. The predicted molar refractivity (Wildman–Crippen MR) is 246 cm³/mol. The van der Waals surface area contributed by atoms with E-state index < -0.39 is 12.4 Å². The molecule has 328 valence electrons. The summed E-state index contributed by atoms with van der Waals surface area (Å²) in [7, 11) is 4.13. The number of rotatable bonds is 30. The van der Waals surface area contributed by atoms with Crippen molar-refractivity contribution in [3.05, 3.63) is 58.7 Å². The summed E-state index contributed by atoms with van der Waals surface area (Å²) >= 11 is 0. The minimum absolute atomic E-state index is 0.0190. The van der Waals surface area contributed by atoms with E-state index in [4.69, 9.17) is 14.2 Å². The van der Waals surface area contributed by atoms with Crippen LogP contribution in [0, 0.1) is 11.3 Å². The highest BCUT2D eigenvalue weighted by atomic mass is 16.7. The fourth-order valence-corrected chi connectivity index (χ4v) is 8.85. The lowest BCUT2D eigenvalue weighted by molar-refractivity contribution is -0.261. The summed E-state index contributed by atoms with van der Waals surface area (Å²) in [4.78, 5) is 15.6. The molecule has 5 heteroatoms. The zero-order chi connectivity index (χ0) is 41.9. The first-order valence-electron chi connectivity index (χ1n) is 23.9. The smallest absolute Gasteiger partial charge is 0.331 e. The van der Waals surface area contributed by atoms with Crippen LogP contribution in [0.4, 0.5) is 0 Å². The van der Waals surface area contributed by atoms with Crippen LogP contribution in [0.5, 0.6) is 0 Å². The number of allylic oxidation sites excluding steroid dienone is 9. The standard InChI is InChI=1S/C52H91NO4/c1-11-13-15-17-19-20-21-22-23-24-26-28-35-46(34-27-25-18-16-14-12-2)41-55-51-50(48(53(9)10)40-45(6)56-51)57-49(54)39-43(4)32-29-31-42(3)36-37-47-44(5)33-30-38-52(47,7)8/h29,31-32,36-37,39,45-46,48,50-51H,11-28,30,33-35,38,40-41H2,1-10H3. The molecule has 5 unspecified atom stereocenters. The molecule has 0 aromatic rings. The molecule has 0 N–H and O–H groups in total. The number of carbonyl (C=O) groups excluding carboxylic acids is 1. The van der Waals surface area contributed by atoms with E-state index in [9.17, 15) is 4.79 Å². The average molecular weight is 794 g/mol. The number of ether oxygens (including phenoxy) is 3. The molecule has 0 aromatic heterocycles. The number of nitrogens with zero attached hydrogens (tertiary/aromatic N) is 1. The van der Waals surface area contributed by atoms with Crippen LogP contribution < -0.4 is 0 Å². The van der Waals surface area contributed by atoms with E-state index in [-0.39, 0.29) is 23.5 Å². The van der Waals surface area contributed by atoms with Crippen molar-refractivity contribution in [2.24, 2.45) is 11.3 Å². The summed E-state index contributed by atoms with van der Waals surface area (Å²) in [5.74, 6) is 0.159. The summed E-state index contributed by atoms with van der Waals surface area (Å²) < 4.78 is 19.3. The van der Waals surface area contributed by atoms with E-state index in [2.05, 4.69) is 85.7 Å². The summed E-state index contributed by atoms with van der Waals surface area (Å²) in [5.41, 5.74) is 5.24. The molecule has 1 aliphatic heterocycles. The third kappa shape index (κ3) is 22.3. The lowest BCUT2D eigenvalue weighted by Crippen LogP contribution is -2.56. The molecule has 1 aliphatic carbocycles. The van der Waals surface area contributed by atoms with Gasteiger partial charge >= 0.3 is 5.97 Å². The van der Waals surface area contributed by atoms with Gasteiger partial charge in [-0.2, -0.15) is 0 Å². The molecule has 1 heterocycles. The molecular weight excluding hydrogens is 703 g/mol. The normalized spacial score (nSPS) is 22.6. The van der Waals surface area contributed by atoms with Crippen LogP contribution in [0.2, 0.25) is 0 Å². The molecule has 0 spiro atoms. The van der Waals surface area contributed by atoms with Gasteiger partial charge in [-0.25, -0.2) is 4.79 Å². The lowest BCUT2D eigenvalue weighted by Gasteiger charge is -2.42.